The molecule has 1 heterocycles. The number of carbonyl (C=O) groups excluding carboxylic acids is 1. The first kappa shape index (κ1) is 16.9. The van der Waals surface area contributed by atoms with E-state index in [1.54, 1.807) is 0 Å². The molecular weight excluding hydrogens is 388 g/mol. The summed E-state index contributed by atoms with van der Waals surface area (Å²) >= 11 is 4.90. The predicted octanol–water partition coefficient (Wildman–Crippen LogP) is 5.16. The molecule has 0 saturated heterocycles. The molecule has 1 aromatic heterocycles. The Bertz CT molecular complexity index is 863. The number of anilines is 1. The zero-order valence-corrected chi connectivity index (χ0v) is 15.6. The van der Waals surface area contributed by atoms with Gasteiger partial charge in [-0.15, -0.1) is 0 Å². The van der Waals surface area contributed by atoms with Crippen molar-refractivity contribution >= 4 is 48.5 Å². The van der Waals surface area contributed by atoms with Crippen LogP contribution in [0, 0.1) is 6.92 Å². The van der Waals surface area contributed by atoms with Crippen LogP contribution >= 0.6 is 27.3 Å². The Labute approximate surface area is 153 Å². The van der Waals surface area contributed by atoms with Crippen LogP contribution in [0.25, 0.3) is 10.2 Å². The van der Waals surface area contributed by atoms with Crippen LogP contribution in [-0.4, -0.2) is 17.5 Å². The second-order valence-corrected chi connectivity index (χ2v) is 7.34. The molecular formula is C18H17BrN2O2S. The summed E-state index contributed by atoms with van der Waals surface area (Å²) < 4.78 is 7.69. The van der Waals surface area contributed by atoms with Crippen molar-refractivity contribution in [2.75, 3.05) is 11.9 Å². The van der Waals surface area contributed by atoms with Crippen molar-refractivity contribution in [1.29, 1.82) is 0 Å². The third-order valence-electron chi connectivity index (χ3n) is 3.48. The highest BCUT2D eigenvalue weighted by Crippen LogP contribution is 2.28. The highest BCUT2D eigenvalue weighted by molar-refractivity contribution is 9.10. The number of thiazole rings is 1. The third kappa shape index (κ3) is 4.33. The molecule has 0 fully saturated rings. The zero-order chi connectivity index (χ0) is 16.9. The van der Waals surface area contributed by atoms with Gasteiger partial charge in [0.05, 0.1) is 16.8 Å². The van der Waals surface area contributed by atoms with Gasteiger partial charge in [0.1, 0.15) is 5.75 Å². The average molecular weight is 405 g/mol. The van der Waals surface area contributed by atoms with Crippen LogP contribution in [0.1, 0.15) is 18.4 Å². The Hall–Kier alpha value is -1.92. The topological polar surface area (TPSA) is 51.2 Å². The van der Waals surface area contributed by atoms with Gasteiger partial charge in [-0.3, -0.25) is 4.79 Å². The quantitative estimate of drug-likeness (QED) is 0.576. The minimum absolute atomic E-state index is 0.0375. The van der Waals surface area contributed by atoms with Crippen LogP contribution in [-0.2, 0) is 4.79 Å². The molecule has 0 atom stereocenters. The van der Waals surface area contributed by atoms with Crippen LogP contribution in [0.15, 0.2) is 46.9 Å². The predicted molar refractivity (Wildman–Crippen MR) is 102 cm³/mol. The molecule has 24 heavy (non-hydrogen) atoms. The maximum atomic E-state index is 12.0. The average Bonchev–Trinajstić information content (AvgIpc) is 2.95. The summed E-state index contributed by atoms with van der Waals surface area (Å²) in [5.41, 5.74) is 2.07. The van der Waals surface area contributed by atoms with Gasteiger partial charge in [0.2, 0.25) is 5.91 Å². The largest absolute Gasteiger partial charge is 0.494 e. The van der Waals surface area contributed by atoms with Gasteiger partial charge in [-0.1, -0.05) is 45.5 Å². The Balaban J connectivity index is 1.47. The molecule has 0 aliphatic rings. The number of fused-ring (bicyclic) bond motifs is 1. The van der Waals surface area contributed by atoms with E-state index in [1.165, 1.54) is 11.3 Å². The van der Waals surface area contributed by atoms with Crippen LogP contribution in [0.3, 0.4) is 0 Å². The van der Waals surface area contributed by atoms with Gasteiger partial charge in [0.25, 0.3) is 0 Å². The number of aromatic nitrogens is 1. The summed E-state index contributed by atoms with van der Waals surface area (Å²) in [7, 11) is 0. The first-order valence-electron chi connectivity index (χ1n) is 7.66. The van der Waals surface area contributed by atoms with Crippen LogP contribution in [0.2, 0.25) is 0 Å². The molecule has 0 aliphatic heterocycles. The Kier molecular flexibility index (Phi) is 5.48. The maximum absolute atomic E-state index is 12.0. The molecule has 1 N–H and O–H groups in total. The van der Waals surface area contributed by atoms with Crippen LogP contribution in [0.4, 0.5) is 5.13 Å². The van der Waals surface area contributed by atoms with E-state index in [4.69, 9.17) is 4.74 Å². The number of halogens is 1. The molecule has 0 spiro atoms. The number of carbonyl (C=O) groups is 1. The van der Waals surface area contributed by atoms with Gasteiger partial charge < -0.3 is 10.1 Å². The number of hydrogen-bond acceptors (Lipinski definition) is 4. The van der Waals surface area contributed by atoms with Crippen molar-refractivity contribution in [1.82, 2.24) is 4.98 Å². The van der Waals surface area contributed by atoms with Crippen molar-refractivity contribution in [3.63, 3.8) is 0 Å². The number of para-hydroxylation sites is 1. The fourth-order valence-corrected chi connectivity index (χ4v) is 3.64. The lowest BCUT2D eigenvalue weighted by Crippen LogP contribution is -2.12. The van der Waals surface area contributed by atoms with Gasteiger partial charge in [0, 0.05) is 10.9 Å². The SMILES string of the molecule is Cc1cccc2sc(NC(=O)CCCOc3cccc(Br)c3)nc12. The summed E-state index contributed by atoms with van der Waals surface area (Å²) in [6.07, 6.45) is 1.06. The van der Waals surface area contributed by atoms with E-state index in [0.717, 1.165) is 26.0 Å². The lowest BCUT2D eigenvalue weighted by atomic mass is 10.2. The molecule has 3 aromatic rings. The molecule has 2 aromatic carbocycles. The molecule has 0 saturated carbocycles. The smallest absolute Gasteiger partial charge is 0.226 e. The van der Waals surface area contributed by atoms with Gasteiger partial charge in [-0.05, 0) is 43.2 Å². The van der Waals surface area contributed by atoms with E-state index in [1.807, 2.05) is 49.4 Å². The van der Waals surface area contributed by atoms with Crippen molar-refractivity contribution in [2.45, 2.75) is 19.8 Å². The van der Waals surface area contributed by atoms with Crippen molar-refractivity contribution < 1.29 is 9.53 Å². The molecule has 0 aliphatic carbocycles. The molecule has 1 amide bonds. The Morgan fingerprint density at radius 1 is 1.29 bits per heavy atom. The first-order valence-corrected chi connectivity index (χ1v) is 9.27. The maximum Gasteiger partial charge on any atom is 0.226 e. The van der Waals surface area contributed by atoms with Gasteiger partial charge >= 0.3 is 0 Å². The second kappa shape index (κ2) is 7.77. The Morgan fingerprint density at radius 3 is 2.92 bits per heavy atom. The number of nitrogens with one attached hydrogen (secondary N) is 1. The minimum atomic E-state index is -0.0375. The summed E-state index contributed by atoms with van der Waals surface area (Å²) in [6.45, 7) is 2.52. The number of amides is 1. The number of benzene rings is 2. The number of aryl methyl sites for hydroxylation is 1. The Morgan fingerprint density at radius 2 is 2.12 bits per heavy atom. The minimum Gasteiger partial charge on any atom is -0.494 e. The van der Waals surface area contributed by atoms with Crippen molar-refractivity contribution in [3.8, 4) is 5.75 Å². The molecule has 124 valence electrons. The van der Waals surface area contributed by atoms with E-state index >= 15 is 0 Å². The van der Waals surface area contributed by atoms with Gasteiger partial charge in [-0.2, -0.15) is 0 Å². The number of nitrogens with zero attached hydrogens (tertiary/aromatic N) is 1. The number of ether oxygens (including phenoxy) is 1. The molecule has 4 nitrogen and oxygen atoms in total. The van der Waals surface area contributed by atoms with Gasteiger partial charge in [0.15, 0.2) is 5.13 Å². The van der Waals surface area contributed by atoms with Crippen LogP contribution < -0.4 is 10.1 Å². The third-order valence-corrected chi connectivity index (χ3v) is 4.91. The molecule has 3 rings (SSSR count). The fourth-order valence-electron chi connectivity index (χ4n) is 2.30. The second-order valence-electron chi connectivity index (χ2n) is 5.40. The first-order chi connectivity index (χ1) is 11.6. The van der Waals surface area contributed by atoms with Crippen molar-refractivity contribution in [3.05, 3.63) is 52.5 Å². The van der Waals surface area contributed by atoms with Crippen LogP contribution in [0.5, 0.6) is 5.75 Å². The molecule has 0 radical (unpaired) electrons. The lowest BCUT2D eigenvalue weighted by molar-refractivity contribution is -0.116. The zero-order valence-electron chi connectivity index (χ0n) is 13.2. The summed E-state index contributed by atoms with van der Waals surface area (Å²) in [5.74, 6) is 0.760. The van der Waals surface area contributed by atoms with Crippen molar-refractivity contribution in [2.24, 2.45) is 0 Å². The molecule has 6 heteroatoms. The summed E-state index contributed by atoms with van der Waals surface area (Å²) in [4.78, 5) is 16.5. The van der Waals surface area contributed by atoms with E-state index < -0.39 is 0 Å². The van der Waals surface area contributed by atoms with Gasteiger partial charge in [-0.25, -0.2) is 4.98 Å². The highest BCUT2D eigenvalue weighted by Gasteiger charge is 2.09. The van der Waals surface area contributed by atoms with E-state index in [9.17, 15) is 4.79 Å². The summed E-state index contributed by atoms with van der Waals surface area (Å²) in [5, 5.41) is 3.52. The number of hydrogen-bond donors (Lipinski definition) is 1. The fraction of sp³-hybridized carbons (Fsp3) is 0.222. The molecule has 0 unspecified atom stereocenters. The lowest BCUT2D eigenvalue weighted by Gasteiger charge is -2.06. The van der Waals surface area contributed by atoms with E-state index in [-0.39, 0.29) is 5.91 Å². The normalized spacial score (nSPS) is 10.8. The van der Waals surface area contributed by atoms with E-state index in [2.05, 4.69) is 26.2 Å². The summed E-state index contributed by atoms with van der Waals surface area (Å²) in [6, 6.07) is 13.7. The molecule has 0 bridgehead atoms. The standard InChI is InChI=1S/C18H17BrN2O2S/c1-12-5-2-8-15-17(12)21-18(24-15)20-16(22)9-4-10-23-14-7-3-6-13(19)11-14/h2-3,5-8,11H,4,9-10H2,1H3,(H,20,21,22). The highest BCUT2D eigenvalue weighted by atomic mass is 79.9. The monoisotopic (exact) mass is 404 g/mol. The van der Waals surface area contributed by atoms with E-state index in [0.29, 0.717) is 24.6 Å². The number of rotatable bonds is 6.